The molecule has 0 heteroatoms. The first-order valence-corrected chi connectivity index (χ1v) is 4.42. The van der Waals surface area contributed by atoms with Gasteiger partial charge in [0.05, 0.1) is 0 Å². The molecule has 1 rings (SSSR count). The topological polar surface area (TPSA) is 0 Å². The molecule has 0 aromatic heterocycles. The van der Waals surface area contributed by atoms with Gasteiger partial charge >= 0.3 is 0 Å². The minimum atomic E-state index is 0.625. The maximum absolute atomic E-state index is 2.35. The largest absolute Gasteiger partial charge is 0.0880 e. The fraction of sp³-hybridized carbons (Fsp3) is 0.800. The Labute approximate surface area is 65.3 Å². The van der Waals surface area contributed by atoms with E-state index in [0.717, 1.165) is 0 Å². The highest BCUT2D eigenvalue weighted by Gasteiger charge is 2.21. The van der Waals surface area contributed by atoms with Crippen LogP contribution < -0.4 is 0 Å². The van der Waals surface area contributed by atoms with Crippen molar-refractivity contribution in [3.05, 3.63) is 12.2 Å². The molecule has 0 aromatic rings. The Bertz CT molecular complexity index is 92.6. The summed E-state index contributed by atoms with van der Waals surface area (Å²) in [5.74, 6) is 0. The van der Waals surface area contributed by atoms with Gasteiger partial charge in [-0.2, -0.15) is 0 Å². The fourth-order valence-corrected chi connectivity index (χ4v) is 1.11. The average molecular weight is 140 g/mol. The van der Waals surface area contributed by atoms with Gasteiger partial charge in [-0.3, -0.25) is 0 Å². The van der Waals surface area contributed by atoms with Crippen LogP contribution in [0.3, 0.4) is 0 Å². The highest BCUT2D eigenvalue weighted by molar-refractivity contribution is 5.00. The van der Waals surface area contributed by atoms with E-state index in [1.807, 2.05) is 13.8 Å². The van der Waals surface area contributed by atoms with Crippen molar-refractivity contribution < 1.29 is 0 Å². The SMILES string of the molecule is CC.CCC1(C)CC=CC1. The van der Waals surface area contributed by atoms with Crippen molar-refractivity contribution >= 4 is 0 Å². The lowest BCUT2D eigenvalue weighted by molar-refractivity contribution is 0.338. The molecule has 0 N–H and O–H groups in total. The Hall–Kier alpha value is -0.260. The van der Waals surface area contributed by atoms with Gasteiger partial charge in [0, 0.05) is 0 Å². The van der Waals surface area contributed by atoms with Crippen molar-refractivity contribution in [1.82, 2.24) is 0 Å². The summed E-state index contributed by atoms with van der Waals surface area (Å²) in [5, 5.41) is 0. The molecule has 10 heavy (non-hydrogen) atoms. The molecular formula is C10H20. The first-order valence-electron chi connectivity index (χ1n) is 4.42. The van der Waals surface area contributed by atoms with E-state index in [1.165, 1.54) is 19.3 Å². The lowest BCUT2D eigenvalue weighted by Crippen LogP contribution is -2.08. The van der Waals surface area contributed by atoms with Crippen LogP contribution in [0.2, 0.25) is 0 Å². The van der Waals surface area contributed by atoms with Crippen LogP contribution in [0.1, 0.15) is 47.0 Å². The molecule has 0 unspecified atom stereocenters. The second-order valence-electron chi connectivity index (χ2n) is 3.04. The molecule has 1 aliphatic carbocycles. The van der Waals surface area contributed by atoms with Crippen LogP contribution in [-0.4, -0.2) is 0 Å². The van der Waals surface area contributed by atoms with Gasteiger partial charge in [0.15, 0.2) is 0 Å². The van der Waals surface area contributed by atoms with Gasteiger partial charge in [-0.1, -0.05) is 46.3 Å². The van der Waals surface area contributed by atoms with E-state index in [-0.39, 0.29) is 0 Å². The van der Waals surface area contributed by atoms with Crippen LogP contribution in [0.4, 0.5) is 0 Å². The summed E-state index contributed by atoms with van der Waals surface area (Å²) in [6.07, 6.45) is 8.50. The van der Waals surface area contributed by atoms with Crippen molar-refractivity contribution in [3.8, 4) is 0 Å². The third kappa shape index (κ3) is 2.55. The molecule has 0 heterocycles. The number of hydrogen-bond acceptors (Lipinski definition) is 0. The summed E-state index contributed by atoms with van der Waals surface area (Å²) in [6, 6.07) is 0. The van der Waals surface area contributed by atoms with Gasteiger partial charge in [-0.25, -0.2) is 0 Å². The Morgan fingerprint density at radius 2 is 1.60 bits per heavy atom. The van der Waals surface area contributed by atoms with Crippen molar-refractivity contribution in [2.75, 3.05) is 0 Å². The third-order valence-electron chi connectivity index (χ3n) is 2.24. The van der Waals surface area contributed by atoms with Crippen LogP contribution in [0.25, 0.3) is 0 Å². The molecular weight excluding hydrogens is 120 g/mol. The Balaban J connectivity index is 0.000000371. The van der Waals surface area contributed by atoms with E-state index >= 15 is 0 Å². The van der Waals surface area contributed by atoms with Gasteiger partial charge < -0.3 is 0 Å². The molecule has 0 spiro atoms. The highest BCUT2D eigenvalue weighted by Crippen LogP contribution is 2.35. The summed E-state index contributed by atoms with van der Waals surface area (Å²) < 4.78 is 0. The molecule has 0 bridgehead atoms. The zero-order chi connectivity index (χ0) is 8.04. The second kappa shape index (κ2) is 4.54. The van der Waals surface area contributed by atoms with Gasteiger partial charge in [-0.05, 0) is 18.3 Å². The zero-order valence-corrected chi connectivity index (χ0v) is 7.78. The lowest BCUT2D eigenvalue weighted by atomic mass is 9.85. The quantitative estimate of drug-likeness (QED) is 0.486. The van der Waals surface area contributed by atoms with Gasteiger partial charge in [0.2, 0.25) is 0 Å². The number of rotatable bonds is 1. The first kappa shape index (κ1) is 9.74. The zero-order valence-electron chi connectivity index (χ0n) is 7.78. The van der Waals surface area contributed by atoms with E-state index in [4.69, 9.17) is 0 Å². The molecule has 0 nitrogen and oxygen atoms in total. The van der Waals surface area contributed by atoms with Crippen LogP contribution >= 0.6 is 0 Å². The van der Waals surface area contributed by atoms with Gasteiger partial charge in [-0.15, -0.1) is 0 Å². The molecule has 0 amide bonds. The molecule has 1 aliphatic rings. The first-order chi connectivity index (χ1) is 4.77. The predicted molar refractivity (Wildman–Crippen MR) is 48.1 cm³/mol. The normalized spacial score (nSPS) is 20.0. The van der Waals surface area contributed by atoms with Crippen LogP contribution in [0, 0.1) is 5.41 Å². The molecule has 0 saturated carbocycles. The Morgan fingerprint density at radius 1 is 1.20 bits per heavy atom. The summed E-state index contributed by atoms with van der Waals surface area (Å²) >= 11 is 0. The average Bonchev–Trinajstić information content (AvgIpc) is 2.42. The van der Waals surface area contributed by atoms with Crippen LogP contribution in [0.15, 0.2) is 12.2 Å². The lowest BCUT2D eigenvalue weighted by Gasteiger charge is -2.19. The van der Waals surface area contributed by atoms with Gasteiger partial charge in [0.1, 0.15) is 0 Å². The van der Waals surface area contributed by atoms with Crippen molar-refractivity contribution in [3.63, 3.8) is 0 Å². The van der Waals surface area contributed by atoms with Crippen molar-refractivity contribution in [2.24, 2.45) is 5.41 Å². The van der Waals surface area contributed by atoms with Crippen LogP contribution in [-0.2, 0) is 0 Å². The summed E-state index contributed by atoms with van der Waals surface area (Å²) in [7, 11) is 0. The van der Waals surface area contributed by atoms with Crippen LogP contribution in [0.5, 0.6) is 0 Å². The minimum absolute atomic E-state index is 0.625. The monoisotopic (exact) mass is 140 g/mol. The second-order valence-corrected chi connectivity index (χ2v) is 3.04. The maximum atomic E-state index is 2.35. The van der Waals surface area contributed by atoms with Crippen molar-refractivity contribution in [1.29, 1.82) is 0 Å². The Kier molecular flexibility index (Phi) is 4.42. The van der Waals surface area contributed by atoms with Gasteiger partial charge in [0.25, 0.3) is 0 Å². The summed E-state index contributed by atoms with van der Waals surface area (Å²) in [5.41, 5.74) is 0.625. The Morgan fingerprint density at radius 3 is 1.80 bits per heavy atom. The molecule has 0 aromatic carbocycles. The smallest absolute Gasteiger partial charge is 0.0259 e. The molecule has 0 atom stereocenters. The number of allylic oxidation sites excluding steroid dienone is 2. The summed E-state index contributed by atoms with van der Waals surface area (Å²) in [4.78, 5) is 0. The molecule has 60 valence electrons. The summed E-state index contributed by atoms with van der Waals surface area (Å²) in [6.45, 7) is 8.62. The standard InChI is InChI=1S/C8H14.C2H6/c1-3-8(2)6-4-5-7-8;1-2/h4-5H,3,6-7H2,1-2H3;1-2H3. The molecule has 0 aliphatic heterocycles. The minimum Gasteiger partial charge on any atom is -0.0880 e. The maximum Gasteiger partial charge on any atom is -0.0259 e. The van der Waals surface area contributed by atoms with E-state index in [1.54, 1.807) is 0 Å². The van der Waals surface area contributed by atoms with E-state index in [0.29, 0.717) is 5.41 Å². The van der Waals surface area contributed by atoms with E-state index < -0.39 is 0 Å². The van der Waals surface area contributed by atoms with E-state index in [9.17, 15) is 0 Å². The fourth-order valence-electron chi connectivity index (χ4n) is 1.11. The molecule has 0 fully saturated rings. The number of hydrogen-bond donors (Lipinski definition) is 0. The predicted octanol–water partition coefficient (Wildman–Crippen LogP) is 3.78. The third-order valence-corrected chi connectivity index (χ3v) is 2.24. The molecule has 0 saturated heterocycles. The molecule has 0 radical (unpaired) electrons. The van der Waals surface area contributed by atoms with E-state index in [2.05, 4.69) is 26.0 Å². The van der Waals surface area contributed by atoms with Crippen molar-refractivity contribution in [2.45, 2.75) is 47.0 Å². The highest BCUT2D eigenvalue weighted by atomic mass is 14.3.